The molecule has 0 saturated carbocycles. The number of hydrogen-bond acceptors (Lipinski definition) is 8. The molecule has 17 heavy (non-hydrogen) atoms. The third-order valence-electron chi connectivity index (χ3n) is 1.50. The topological polar surface area (TPSA) is 99.0 Å². The van der Waals surface area contributed by atoms with Crippen molar-refractivity contribution in [2.24, 2.45) is 10.3 Å². The number of aliphatic carboxylic acids is 1. The number of carbonyl (C=O) groups excluding carboxylic acids is 1. The zero-order valence-electron chi connectivity index (χ0n) is 9.55. The number of oxime groups is 1. The number of rotatable bonds is 5. The predicted molar refractivity (Wildman–Crippen MR) is 63.1 cm³/mol. The number of aromatic nitrogens is 1. The maximum absolute atomic E-state index is 10.8. The summed E-state index contributed by atoms with van der Waals surface area (Å²) in [5.74, 6) is -1.45. The van der Waals surface area contributed by atoms with Gasteiger partial charge in [0.1, 0.15) is 12.8 Å². The number of nitrogens with zero attached hydrogens (tertiary/aromatic N) is 3. The van der Waals surface area contributed by atoms with E-state index in [4.69, 9.17) is 0 Å². The molecule has 1 aromatic heterocycles. The predicted octanol–water partition coefficient (Wildman–Crippen LogP) is 0.0512. The Morgan fingerprint density at radius 1 is 1.59 bits per heavy atom. The van der Waals surface area contributed by atoms with Crippen LogP contribution in [0.4, 0.5) is 5.13 Å². The summed E-state index contributed by atoms with van der Waals surface area (Å²) < 4.78 is 0. The molecule has 0 aliphatic heterocycles. The molecule has 1 N–H and O–H groups in total. The number of thiazole rings is 1. The lowest BCUT2D eigenvalue weighted by Crippen LogP contribution is -2.32. The van der Waals surface area contributed by atoms with Crippen molar-refractivity contribution < 1.29 is 14.7 Å². The monoisotopic (exact) mass is 255 g/mol. The number of carboxylic acid groups (broad SMARTS) is 1. The first-order chi connectivity index (χ1) is 8.04. The van der Waals surface area contributed by atoms with E-state index >= 15 is 0 Å². The Balaban J connectivity index is 2.89. The van der Waals surface area contributed by atoms with Gasteiger partial charge in [0, 0.05) is 11.1 Å². The van der Waals surface area contributed by atoms with E-state index in [2.05, 4.69) is 25.5 Å². The highest BCUT2D eigenvalue weighted by Gasteiger charge is 2.10. The van der Waals surface area contributed by atoms with Crippen molar-refractivity contribution in [3.8, 4) is 0 Å². The number of anilines is 1. The Kier molecular flexibility index (Phi) is 4.58. The zero-order valence-corrected chi connectivity index (χ0v) is 10.4. The van der Waals surface area contributed by atoms with E-state index in [0.717, 1.165) is 5.71 Å². The maximum atomic E-state index is 10.8. The van der Waals surface area contributed by atoms with Gasteiger partial charge in [-0.25, -0.2) is 4.98 Å². The maximum Gasteiger partial charge on any atom is 0.203 e. The van der Waals surface area contributed by atoms with Crippen molar-refractivity contribution in [1.29, 1.82) is 0 Å². The summed E-state index contributed by atoms with van der Waals surface area (Å²) in [7, 11) is 1.25. The average Bonchev–Trinajstić information content (AvgIpc) is 2.71. The molecule has 0 saturated heterocycles. The lowest BCUT2D eigenvalue weighted by atomic mass is 10.3. The second-order valence-corrected chi connectivity index (χ2v) is 3.98. The fourth-order valence-corrected chi connectivity index (χ4v) is 1.51. The molecule has 1 heterocycles. The highest BCUT2D eigenvalue weighted by molar-refractivity contribution is 7.14. The molecule has 0 amide bonds. The molecule has 0 radical (unpaired) electrons. The highest BCUT2D eigenvalue weighted by atomic mass is 32.1. The first kappa shape index (κ1) is 13.1. The largest absolute Gasteiger partial charge is 0.543 e. The molecule has 1 rings (SSSR count). The fraction of sp³-hybridized carbons (Fsp3) is 0.333. The van der Waals surface area contributed by atoms with Crippen molar-refractivity contribution in [3.05, 3.63) is 11.1 Å². The fourth-order valence-electron chi connectivity index (χ4n) is 0.873. The smallest absolute Gasteiger partial charge is 0.203 e. The molecule has 0 atom stereocenters. The molecule has 0 aromatic carbocycles. The van der Waals surface area contributed by atoms with Crippen LogP contribution in [-0.2, 0) is 9.63 Å². The van der Waals surface area contributed by atoms with Gasteiger partial charge in [-0.2, -0.15) is 5.10 Å². The molecule has 92 valence electrons. The average molecular weight is 255 g/mol. The van der Waals surface area contributed by atoms with E-state index in [0.29, 0.717) is 5.13 Å². The van der Waals surface area contributed by atoms with E-state index in [9.17, 15) is 9.90 Å². The number of hydrogen-bond donors (Lipinski definition) is 1. The Morgan fingerprint density at radius 3 is 2.82 bits per heavy atom. The summed E-state index contributed by atoms with van der Waals surface area (Å²) in [5, 5.41) is 20.0. The van der Waals surface area contributed by atoms with Crippen LogP contribution in [0.1, 0.15) is 19.5 Å². The van der Waals surface area contributed by atoms with E-state index in [-0.39, 0.29) is 11.4 Å². The molecule has 0 aliphatic rings. The lowest BCUT2D eigenvalue weighted by Gasteiger charge is -2.02. The Hall–Kier alpha value is -1.96. The molecule has 7 nitrogen and oxygen atoms in total. The van der Waals surface area contributed by atoms with Gasteiger partial charge in [0.15, 0.2) is 5.71 Å². The molecular weight excluding hydrogens is 244 g/mol. The second-order valence-electron chi connectivity index (χ2n) is 3.12. The number of nitrogens with one attached hydrogen (secondary N) is 1. The molecule has 0 aliphatic carbocycles. The van der Waals surface area contributed by atoms with Crippen molar-refractivity contribution in [2.75, 3.05) is 12.5 Å². The first-order valence-electron chi connectivity index (χ1n) is 4.60. The van der Waals surface area contributed by atoms with Gasteiger partial charge in [0.2, 0.25) is 5.13 Å². The summed E-state index contributed by atoms with van der Waals surface area (Å²) >= 11 is 1.21. The van der Waals surface area contributed by atoms with Crippen molar-refractivity contribution in [1.82, 2.24) is 4.98 Å². The highest BCUT2D eigenvalue weighted by Crippen LogP contribution is 2.16. The van der Waals surface area contributed by atoms with Crippen molar-refractivity contribution in [2.45, 2.75) is 13.8 Å². The second kappa shape index (κ2) is 5.94. The zero-order chi connectivity index (χ0) is 12.8. The van der Waals surface area contributed by atoms with E-state index < -0.39 is 5.97 Å². The Morgan fingerprint density at radius 2 is 2.29 bits per heavy atom. The summed E-state index contributed by atoms with van der Waals surface area (Å²) in [5.41, 5.74) is 3.33. The van der Waals surface area contributed by atoms with Gasteiger partial charge >= 0.3 is 0 Å². The van der Waals surface area contributed by atoms with Gasteiger partial charge in [-0.1, -0.05) is 5.16 Å². The van der Waals surface area contributed by atoms with E-state index in [1.165, 1.54) is 23.8 Å². The molecule has 1 aromatic rings. The minimum Gasteiger partial charge on any atom is -0.543 e. The van der Waals surface area contributed by atoms with Gasteiger partial charge in [0.05, 0.1) is 5.97 Å². The van der Waals surface area contributed by atoms with Crippen LogP contribution < -0.4 is 10.5 Å². The van der Waals surface area contributed by atoms with Gasteiger partial charge < -0.3 is 14.7 Å². The van der Waals surface area contributed by atoms with Crippen molar-refractivity contribution in [3.63, 3.8) is 0 Å². The lowest BCUT2D eigenvalue weighted by molar-refractivity contribution is -0.294. The van der Waals surface area contributed by atoms with Crippen LogP contribution in [0.3, 0.4) is 0 Å². The number of hydrazone groups is 1. The Labute approximate surface area is 102 Å². The van der Waals surface area contributed by atoms with Crippen LogP contribution in [-0.4, -0.2) is 29.5 Å². The number of carbonyl (C=O) groups is 1. The van der Waals surface area contributed by atoms with E-state index in [1.807, 2.05) is 13.8 Å². The van der Waals surface area contributed by atoms with Gasteiger partial charge in [0.25, 0.3) is 0 Å². The summed E-state index contributed by atoms with van der Waals surface area (Å²) in [4.78, 5) is 19.2. The summed E-state index contributed by atoms with van der Waals surface area (Å²) in [6, 6.07) is 0. The molecular formula is C9H11N4O3S-. The van der Waals surface area contributed by atoms with Crippen LogP contribution in [0.5, 0.6) is 0 Å². The molecule has 8 heteroatoms. The van der Waals surface area contributed by atoms with Crippen molar-refractivity contribution >= 4 is 33.9 Å². The Bertz CT molecular complexity index is 463. The summed E-state index contributed by atoms with van der Waals surface area (Å²) in [6.07, 6.45) is 0. The first-order valence-corrected chi connectivity index (χ1v) is 5.48. The minimum absolute atomic E-state index is 0.170. The molecule has 0 spiro atoms. The van der Waals surface area contributed by atoms with Crippen LogP contribution in [0, 0.1) is 0 Å². The van der Waals surface area contributed by atoms with Crippen LogP contribution in [0.15, 0.2) is 15.6 Å². The van der Waals surface area contributed by atoms with Gasteiger partial charge in [-0.05, 0) is 13.8 Å². The standard InChI is InChI=1S/C9H12N4O3S/c1-5(2)11-12-9-10-6(4-17-9)7(8(14)15)13-16-3/h4H,1-3H3,(H,10,12)(H,14,15)/p-1/b13-7+. The number of carboxylic acids is 1. The third-order valence-corrected chi connectivity index (χ3v) is 2.24. The summed E-state index contributed by atoms with van der Waals surface area (Å²) in [6.45, 7) is 3.64. The van der Waals surface area contributed by atoms with Crippen LogP contribution in [0.2, 0.25) is 0 Å². The molecule has 0 fully saturated rings. The third kappa shape index (κ3) is 3.83. The van der Waals surface area contributed by atoms with E-state index in [1.54, 1.807) is 0 Å². The van der Waals surface area contributed by atoms with Gasteiger partial charge in [-0.3, -0.25) is 5.43 Å². The quantitative estimate of drug-likeness (QED) is 0.592. The SMILES string of the molecule is CO/N=C(/C(=O)[O-])c1csc(NN=C(C)C)n1. The van der Waals surface area contributed by atoms with Crippen LogP contribution >= 0.6 is 11.3 Å². The normalized spacial score (nSPS) is 10.9. The molecule has 0 bridgehead atoms. The van der Waals surface area contributed by atoms with Crippen LogP contribution in [0.25, 0.3) is 0 Å². The van der Waals surface area contributed by atoms with Gasteiger partial charge in [-0.15, -0.1) is 11.3 Å². The molecule has 0 unspecified atom stereocenters. The minimum atomic E-state index is -1.45.